The number of aryl methyl sites for hydroxylation is 1. The summed E-state index contributed by atoms with van der Waals surface area (Å²) in [6.07, 6.45) is 1.38. The average molecular weight is 584 g/mol. The number of carbonyl (C=O) groups is 1. The molecule has 2 aromatic heterocycles. The number of halogens is 3. The Morgan fingerprint density at radius 3 is 2.67 bits per heavy atom. The van der Waals surface area contributed by atoms with E-state index in [1.165, 1.54) is 19.2 Å². The number of para-hydroxylation sites is 1. The highest BCUT2D eigenvalue weighted by Gasteiger charge is 2.36. The van der Waals surface area contributed by atoms with Crippen LogP contribution < -0.4 is 9.64 Å². The van der Waals surface area contributed by atoms with E-state index in [2.05, 4.69) is 20.9 Å². The number of nitrogens with zero attached hydrogens (tertiary/aromatic N) is 3. The number of hydrogen-bond donors (Lipinski definition) is 0. The Kier molecular flexibility index (Phi) is 7.61. The van der Waals surface area contributed by atoms with Crippen LogP contribution in [0.4, 0.5) is 18.9 Å². The highest BCUT2D eigenvalue weighted by Crippen LogP contribution is 2.46. The third-order valence-corrected chi connectivity index (χ3v) is 8.02. The maximum Gasteiger partial charge on any atom is 0.573 e. The fraction of sp³-hybridized carbons (Fsp3) is 0.419. The highest BCUT2D eigenvalue weighted by atomic mass is 19.4. The number of carbonyl (C=O) groups excluding carboxylic acids is 1. The molecule has 1 saturated heterocycles. The molecule has 4 aromatic rings. The number of aromatic nitrogens is 2. The minimum absolute atomic E-state index is 0.0313. The van der Waals surface area contributed by atoms with Crippen LogP contribution in [0.5, 0.6) is 5.75 Å². The molecule has 8 nitrogen and oxygen atoms in total. The third-order valence-electron chi connectivity index (χ3n) is 8.02. The Labute approximate surface area is 240 Å². The monoisotopic (exact) mass is 583 g/mol. The lowest BCUT2D eigenvalue weighted by atomic mass is 10.0. The van der Waals surface area contributed by atoms with Crippen LogP contribution in [0.15, 0.2) is 53.2 Å². The van der Waals surface area contributed by atoms with Crippen LogP contribution in [0.25, 0.3) is 22.2 Å². The van der Waals surface area contributed by atoms with E-state index in [0.29, 0.717) is 22.6 Å². The smallest absolute Gasteiger partial charge is 0.465 e. The molecule has 0 bridgehead atoms. The first-order chi connectivity index (χ1) is 20.2. The molecular formula is C31H32F3N3O5. The predicted octanol–water partition coefficient (Wildman–Crippen LogP) is 6.97. The summed E-state index contributed by atoms with van der Waals surface area (Å²) in [6, 6.07) is 12.1. The van der Waals surface area contributed by atoms with Crippen molar-refractivity contribution >= 4 is 22.6 Å². The van der Waals surface area contributed by atoms with Gasteiger partial charge in [-0.05, 0) is 62.4 Å². The minimum Gasteiger partial charge on any atom is -0.465 e. The minimum atomic E-state index is -4.82. The van der Waals surface area contributed by atoms with E-state index in [1.54, 1.807) is 18.3 Å². The summed E-state index contributed by atoms with van der Waals surface area (Å²) in [5.41, 5.74) is 3.80. The molecule has 2 fully saturated rings. The van der Waals surface area contributed by atoms with Crippen molar-refractivity contribution in [3.05, 3.63) is 65.5 Å². The molecular weight excluding hydrogens is 551 g/mol. The lowest BCUT2D eigenvalue weighted by molar-refractivity contribution is -0.274. The number of methoxy groups -OCH3 is 1. The summed E-state index contributed by atoms with van der Waals surface area (Å²) >= 11 is 0. The molecule has 3 heterocycles. The Bertz CT molecular complexity index is 1590. The fourth-order valence-electron chi connectivity index (χ4n) is 5.75. The molecule has 1 aliphatic carbocycles. The lowest BCUT2D eigenvalue weighted by Gasteiger charge is -2.23. The molecule has 6 rings (SSSR count). The van der Waals surface area contributed by atoms with Crippen LogP contribution in [0.2, 0.25) is 0 Å². The fourth-order valence-corrected chi connectivity index (χ4v) is 5.75. The van der Waals surface area contributed by atoms with Gasteiger partial charge in [0.25, 0.3) is 0 Å². The number of anilines is 1. The van der Waals surface area contributed by atoms with Gasteiger partial charge >= 0.3 is 12.3 Å². The van der Waals surface area contributed by atoms with Crippen molar-refractivity contribution in [1.29, 1.82) is 0 Å². The Hall–Kier alpha value is -3.99. The molecule has 11 heteroatoms. The molecule has 0 spiro atoms. The van der Waals surface area contributed by atoms with Crippen LogP contribution >= 0.6 is 0 Å². The maximum absolute atomic E-state index is 13.1. The van der Waals surface area contributed by atoms with Crippen molar-refractivity contribution in [1.82, 2.24) is 9.72 Å². The van der Waals surface area contributed by atoms with Crippen LogP contribution in [-0.2, 0) is 23.1 Å². The first-order valence-electron chi connectivity index (χ1n) is 14.1. The quantitative estimate of drug-likeness (QED) is 0.207. The molecule has 0 radical (unpaired) electrons. The normalized spacial score (nSPS) is 17.8. The van der Waals surface area contributed by atoms with Gasteiger partial charge in [0.05, 0.1) is 30.9 Å². The van der Waals surface area contributed by atoms with Crippen LogP contribution in [0.3, 0.4) is 0 Å². The van der Waals surface area contributed by atoms with E-state index in [9.17, 15) is 18.0 Å². The number of alkyl halides is 3. The summed E-state index contributed by atoms with van der Waals surface area (Å²) in [7, 11) is 3.29. The van der Waals surface area contributed by atoms with E-state index < -0.39 is 6.36 Å². The number of rotatable bonds is 8. The van der Waals surface area contributed by atoms with Crippen LogP contribution in [-0.4, -0.2) is 48.4 Å². The molecule has 1 atom stereocenters. The zero-order valence-electron chi connectivity index (χ0n) is 23.4. The van der Waals surface area contributed by atoms with Gasteiger partial charge in [0.2, 0.25) is 0 Å². The zero-order chi connectivity index (χ0) is 29.4. The number of esters is 1. The van der Waals surface area contributed by atoms with Crippen molar-refractivity contribution in [3.63, 3.8) is 0 Å². The van der Waals surface area contributed by atoms with Gasteiger partial charge in [0.15, 0.2) is 0 Å². The van der Waals surface area contributed by atoms with E-state index in [-0.39, 0.29) is 35.9 Å². The van der Waals surface area contributed by atoms with Crippen molar-refractivity contribution in [2.45, 2.75) is 57.1 Å². The van der Waals surface area contributed by atoms with Gasteiger partial charge < -0.3 is 28.2 Å². The molecule has 222 valence electrons. The second-order valence-corrected chi connectivity index (χ2v) is 10.9. The first-order valence-corrected chi connectivity index (χ1v) is 14.1. The van der Waals surface area contributed by atoms with Gasteiger partial charge in [-0.15, -0.1) is 13.2 Å². The van der Waals surface area contributed by atoms with E-state index >= 15 is 0 Å². The number of ether oxygens (including phenoxy) is 3. The maximum atomic E-state index is 13.1. The summed E-state index contributed by atoms with van der Waals surface area (Å²) in [5, 5.41) is 5.03. The Morgan fingerprint density at radius 1 is 1.10 bits per heavy atom. The number of benzene rings is 2. The molecule has 2 aliphatic rings. The Morgan fingerprint density at radius 2 is 1.90 bits per heavy atom. The third kappa shape index (κ3) is 5.83. The first kappa shape index (κ1) is 28.1. The summed E-state index contributed by atoms with van der Waals surface area (Å²) in [4.78, 5) is 14.5. The van der Waals surface area contributed by atoms with Gasteiger partial charge in [0, 0.05) is 54.5 Å². The van der Waals surface area contributed by atoms with Crippen LogP contribution in [0, 0.1) is 0 Å². The van der Waals surface area contributed by atoms with Gasteiger partial charge in [0.1, 0.15) is 17.2 Å². The van der Waals surface area contributed by atoms with Gasteiger partial charge in [-0.1, -0.05) is 17.3 Å². The second kappa shape index (κ2) is 11.4. The zero-order valence-corrected chi connectivity index (χ0v) is 23.4. The predicted molar refractivity (Wildman–Crippen MR) is 149 cm³/mol. The van der Waals surface area contributed by atoms with Gasteiger partial charge in [-0.2, -0.15) is 0 Å². The molecule has 1 saturated carbocycles. The molecule has 1 unspecified atom stereocenters. The second-order valence-electron chi connectivity index (χ2n) is 10.9. The molecule has 0 amide bonds. The number of fused-ring (bicyclic) bond motifs is 1. The van der Waals surface area contributed by atoms with Crippen LogP contribution in [0.1, 0.15) is 59.7 Å². The van der Waals surface area contributed by atoms with Crippen molar-refractivity contribution in [3.8, 4) is 17.0 Å². The Balaban J connectivity index is 1.17. The molecule has 2 aromatic carbocycles. The van der Waals surface area contributed by atoms with Crippen molar-refractivity contribution in [2.75, 3.05) is 25.1 Å². The summed E-state index contributed by atoms with van der Waals surface area (Å²) in [6.45, 7) is 1.83. The number of hydrogen-bond acceptors (Lipinski definition) is 7. The van der Waals surface area contributed by atoms with Crippen molar-refractivity contribution < 1.29 is 36.7 Å². The van der Waals surface area contributed by atoms with Gasteiger partial charge in [-0.3, -0.25) is 0 Å². The molecule has 42 heavy (non-hydrogen) atoms. The largest absolute Gasteiger partial charge is 0.573 e. The topological polar surface area (TPSA) is 79.0 Å². The average Bonchev–Trinajstić information content (AvgIpc) is 3.70. The molecule has 1 aliphatic heterocycles. The summed E-state index contributed by atoms with van der Waals surface area (Å²) < 4.78 is 62.5. The standard InChI is InChI=1S/C31H32F3N3O5/c1-36-17-24(30(38)39-2)22-12-11-20(16-26(22)36)37-14-5-6-21(13-15-37)40-18-25-28(35-42-29(25)19-9-10-19)23-7-3-4-8-27(23)41-31(32,33)34/h3-4,7-8,11-12,16-17,19,21H,5-6,9-10,13-15,18H2,1-2H3. The highest BCUT2D eigenvalue weighted by molar-refractivity contribution is 6.05. The van der Waals surface area contributed by atoms with E-state index in [4.69, 9.17) is 14.0 Å². The lowest BCUT2D eigenvalue weighted by Crippen LogP contribution is -2.25. The van der Waals surface area contributed by atoms with Crippen molar-refractivity contribution in [2.24, 2.45) is 7.05 Å². The molecule has 0 N–H and O–H groups in total. The SMILES string of the molecule is COC(=O)c1cn(C)c2cc(N3CCCC(OCc4c(-c5ccccc5OC(F)(F)F)noc4C4CC4)CC3)ccc12. The van der Waals surface area contributed by atoms with E-state index in [1.807, 2.05) is 23.7 Å². The summed E-state index contributed by atoms with van der Waals surface area (Å²) in [5.74, 6) is 0.211. The van der Waals surface area contributed by atoms with E-state index in [0.717, 1.165) is 61.8 Å². The van der Waals surface area contributed by atoms with Gasteiger partial charge in [-0.25, -0.2) is 4.79 Å².